The van der Waals surface area contributed by atoms with Crippen molar-refractivity contribution in [2.45, 2.75) is 19.5 Å². The maximum absolute atomic E-state index is 5.69. The smallest absolute Gasteiger partial charge is 0.216 e. The number of nitrogens with one attached hydrogen (secondary N) is 1. The normalized spacial score (nSPS) is 12.2. The number of nitrogens with zero attached hydrogens (tertiary/aromatic N) is 4. The Balaban J connectivity index is 2.48. The van der Waals surface area contributed by atoms with Gasteiger partial charge in [-0.15, -0.1) is 0 Å². The van der Waals surface area contributed by atoms with Crippen LogP contribution in [0.15, 0.2) is 18.6 Å². The molecule has 108 valence electrons. The van der Waals surface area contributed by atoms with Gasteiger partial charge >= 0.3 is 0 Å². The van der Waals surface area contributed by atoms with Crippen molar-refractivity contribution < 1.29 is 9.47 Å². The number of rotatable bonds is 6. The van der Waals surface area contributed by atoms with Crippen LogP contribution in [-0.2, 0) is 6.54 Å². The molecule has 20 heavy (non-hydrogen) atoms. The lowest BCUT2D eigenvalue weighted by Crippen LogP contribution is -2.31. The van der Waals surface area contributed by atoms with Gasteiger partial charge in [0.05, 0.1) is 26.1 Å². The molecule has 8 heteroatoms. The zero-order valence-corrected chi connectivity index (χ0v) is 11.7. The summed E-state index contributed by atoms with van der Waals surface area (Å²) >= 11 is 0. The second-order valence-electron chi connectivity index (χ2n) is 4.00. The van der Waals surface area contributed by atoms with Crippen molar-refractivity contribution in [1.82, 2.24) is 25.2 Å². The maximum atomic E-state index is 5.69. The van der Waals surface area contributed by atoms with E-state index in [1.54, 1.807) is 31.2 Å². The van der Waals surface area contributed by atoms with Crippen molar-refractivity contribution in [1.29, 1.82) is 0 Å². The average molecular weight is 278 g/mol. The summed E-state index contributed by atoms with van der Waals surface area (Å²) in [6.45, 7) is 2.68. The van der Waals surface area contributed by atoms with Crippen LogP contribution in [0.3, 0.4) is 0 Å². The fourth-order valence-electron chi connectivity index (χ4n) is 2.01. The maximum Gasteiger partial charge on any atom is 0.216 e. The monoisotopic (exact) mass is 278 g/mol. The van der Waals surface area contributed by atoms with E-state index in [4.69, 9.17) is 15.3 Å². The zero-order valence-electron chi connectivity index (χ0n) is 11.7. The molecule has 0 aliphatic rings. The first-order valence-electron chi connectivity index (χ1n) is 6.16. The van der Waals surface area contributed by atoms with Gasteiger partial charge in [0, 0.05) is 12.6 Å². The molecule has 0 aliphatic carbocycles. The quantitative estimate of drug-likeness (QED) is 0.577. The summed E-state index contributed by atoms with van der Waals surface area (Å²) in [5, 5.41) is 4.26. The molecule has 2 aromatic heterocycles. The Hall–Kier alpha value is -2.19. The summed E-state index contributed by atoms with van der Waals surface area (Å²) < 4.78 is 12.2. The van der Waals surface area contributed by atoms with Crippen LogP contribution in [-0.4, -0.2) is 34.0 Å². The number of aromatic nitrogens is 4. The molecule has 0 bridgehead atoms. The molecule has 0 saturated heterocycles. The fourth-order valence-corrected chi connectivity index (χ4v) is 2.01. The summed E-state index contributed by atoms with van der Waals surface area (Å²) in [5.41, 5.74) is 4.21. The van der Waals surface area contributed by atoms with Crippen molar-refractivity contribution >= 4 is 0 Å². The lowest BCUT2D eigenvalue weighted by molar-refractivity contribution is 0.390. The van der Waals surface area contributed by atoms with Crippen LogP contribution >= 0.6 is 0 Å². The molecular weight excluding hydrogens is 260 g/mol. The zero-order chi connectivity index (χ0) is 14.5. The van der Waals surface area contributed by atoms with Crippen molar-refractivity contribution in [3.8, 4) is 11.6 Å². The van der Waals surface area contributed by atoms with Crippen LogP contribution in [0, 0.1) is 0 Å². The lowest BCUT2D eigenvalue weighted by Gasteiger charge is -2.18. The Bertz CT molecular complexity index is 549. The summed E-state index contributed by atoms with van der Waals surface area (Å²) in [5.74, 6) is 6.80. The minimum absolute atomic E-state index is 0.371. The van der Waals surface area contributed by atoms with E-state index in [-0.39, 0.29) is 6.04 Å². The van der Waals surface area contributed by atoms with E-state index in [0.717, 1.165) is 5.69 Å². The number of hydrogen-bond acceptors (Lipinski definition) is 7. The molecule has 0 fully saturated rings. The molecule has 0 aliphatic heterocycles. The summed E-state index contributed by atoms with van der Waals surface area (Å²) in [6.07, 6.45) is 3.08. The van der Waals surface area contributed by atoms with Gasteiger partial charge in [0.1, 0.15) is 18.1 Å². The highest BCUT2D eigenvalue weighted by Gasteiger charge is 2.24. The van der Waals surface area contributed by atoms with Gasteiger partial charge in [0.25, 0.3) is 0 Å². The molecule has 0 aromatic carbocycles. The Morgan fingerprint density at radius 3 is 2.75 bits per heavy atom. The van der Waals surface area contributed by atoms with E-state index in [2.05, 4.69) is 20.5 Å². The summed E-state index contributed by atoms with van der Waals surface area (Å²) in [4.78, 5) is 8.22. The Morgan fingerprint density at radius 1 is 1.35 bits per heavy atom. The SMILES string of the molecule is CCn1ncc(OC)c1C(NN)c1cc(OC)ncn1. The highest BCUT2D eigenvalue weighted by Crippen LogP contribution is 2.29. The van der Waals surface area contributed by atoms with Gasteiger partial charge in [0.2, 0.25) is 5.88 Å². The number of aryl methyl sites for hydroxylation is 1. The molecule has 8 nitrogen and oxygen atoms in total. The van der Waals surface area contributed by atoms with Crippen molar-refractivity contribution in [2.75, 3.05) is 14.2 Å². The Labute approximate surface area is 116 Å². The molecule has 0 radical (unpaired) electrons. The minimum atomic E-state index is -0.371. The average Bonchev–Trinajstić information content (AvgIpc) is 2.91. The van der Waals surface area contributed by atoms with Gasteiger partial charge < -0.3 is 9.47 Å². The molecule has 2 aromatic rings. The van der Waals surface area contributed by atoms with E-state index in [1.165, 1.54) is 6.33 Å². The number of hydrazine groups is 1. The number of methoxy groups -OCH3 is 2. The number of nitrogens with two attached hydrogens (primary N) is 1. The van der Waals surface area contributed by atoms with Crippen LogP contribution in [0.4, 0.5) is 0 Å². The second kappa shape index (κ2) is 6.31. The van der Waals surface area contributed by atoms with Crippen LogP contribution in [0.1, 0.15) is 24.4 Å². The summed E-state index contributed by atoms with van der Waals surface area (Å²) in [6, 6.07) is 1.35. The van der Waals surface area contributed by atoms with Gasteiger partial charge in [-0.25, -0.2) is 15.4 Å². The fraction of sp³-hybridized carbons (Fsp3) is 0.417. The first-order valence-corrected chi connectivity index (χ1v) is 6.16. The molecule has 2 heterocycles. The van der Waals surface area contributed by atoms with Crippen LogP contribution in [0.25, 0.3) is 0 Å². The van der Waals surface area contributed by atoms with Gasteiger partial charge in [-0.05, 0) is 6.92 Å². The largest absolute Gasteiger partial charge is 0.493 e. The number of hydrogen-bond donors (Lipinski definition) is 2. The third-order valence-electron chi connectivity index (χ3n) is 2.97. The van der Waals surface area contributed by atoms with Crippen molar-refractivity contribution in [3.63, 3.8) is 0 Å². The molecule has 2 rings (SSSR count). The van der Waals surface area contributed by atoms with Crippen molar-refractivity contribution in [3.05, 3.63) is 30.0 Å². The van der Waals surface area contributed by atoms with E-state index in [0.29, 0.717) is 23.9 Å². The predicted octanol–water partition coefficient (Wildman–Crippen LogP) is 0.263. The topological polar surface area (TPSA) is 100 Å². The molecular formula is C12H18N6O2. The predicted molar refractivity (Wildman–Crippen MR) is 72.2 cm³/mol. The van der Waals surface area contributed by atoms with E-state index in [1.807, 2.05) is 6.92 Å². The highest BCUT2D eigenvalue weighted by molar-refractivity contribution is 5.34. The third kappa shape index (κ3) is 2.56. The third-order valence-corrected chi connectivity index (χ3v) is 2.97. The second-order valence-corrected chi connectivity index (χ2v) is 4.00. The van der Waals surface area contributed by atoms with E-state index < -0.39 is 0 Å². The highest BCUT2D eigenvalue weighted by atomic mass is 16.5. The van der Waals surface area contributed by atoms with Gasteiger partial charge in [-0.2, -0.15) is 5.10 Å². The van der Waals surface area contributed by atoms with Crippen molar-refractivity contribution in [2.24, 2.45) is 5.84 Å². The molecule has 3 N–H and O–H groups in total. The summed E-state index contributed by atoms with van der Waals surface area (Å²) in [7, 11) is 3.14. The lowest BCUT2D eigenvalue weighted by atomic mass is 10.1. The van der Waals surface area contributed by atoms with Crippen LogP contribution in [0.2, 0.25) is 0 Å². The molecule has 0 spiro atoms. The molecule has 1 unspecified atom stereocenters. The molecule has 0 saturated carbocycles. The molecule has 0 amide bonds. The van der Waals surface area contributed by atoms with Crippen LogP contribution in [0.5, 0.6) is 11.6 Å². The van der Waals surface area contributed by atoms with Gasteiger partial charge in [-0.3, -0.25) is 10.5 Å². The Morgan fingerprint density at radius 2 is 2.15 bits per heavy atom. The van der Waals surface area contributed by atoms with Crippen LogP contribution < -0.4 is 20.7 Å². The van der Waals surface area contributed by atoms with Gasteiger partial charge in [-0.1, -0.05) is 0 Å². The number of ether oxygens (including phenoxy) is 2. The standard InChI is InChI=1S/C12H18N6O2/c1-4-18-12(9(19-2)6-16-18)11(17-13)8-5-10(20-3)15-7-14-8/h5-7,11,17H,4,13H2,1-3H3. The Kier molecular flexibility index (Phi) is 4.49. The van der Waals surface area contributed by atoms with E-state index in [9.17, 15) is 0 Å². The first-order chi connectivity index (χ1) is 9.74. The molecule has 1 atom stereocenters. The minimum Gasteiger partial charge on any atom is -0.493 e. The van der Waals surface area contributed by atoms with E-state index >= 15 is 0 Å². The van der Waals surface area contributed by atoms with Gasteiger partial charge in [0.15, 0.2) is 5.75 Å². The first kappa shape index (κ1) is 14.2.